The maximum Gasteiger partial charge on any atom is 0.317 e. The van der Waals surface area contributed by atoms with Gasteiger partial charge in [0.1, 0.15) is 0 Å². The second-order valence-corrected chi connectivity index (χ2v) is 7.36. The molecule has 0 aromatic heterocycles. The Balaban J connectivity index is 2.22. The highest BCUT2D eigenvalue weighted by Crippen LogP contribution is 2.14. The van der Waals surface area contributed by atoms with Crippen molar-refractivity contribution in [1.82, 2.24) is 0 Å². The normalized spacial score (nSPS) is 23.5. The van der Waals surface area contributed by atoms with Gasteiger partial charge in [0.15, 0.2) is 0 Å². The van der Waals surface area contributed by atoms with Crippen molar-refractivity contribution in [3.05, 3.63) is 12.2 Å². The standard InChI is InChI=1S/C22H38O3/c23-21-19-17-15-13-11-9-7-5-3-1-2-4-6-8-10-12-14-16-18-20-22(24)25-21/h15,17H,1-14,16,18-20H2/b17-15-. The minimum atomic E-state index is -0.417. The molecule has 3 nitrogen and oxygen atoms in total. The minimum absolute atomic E-state index is 0.214. The summed E-state index contributed by atoms with van der Waals surface area (Å²) in [6.45, 7) is 0. The van der Waals surface area contributed by atoms with E-state index in [1.165, 1.54) is 83.5 Å². The summed E-state index contributed by atoms with van der Waals surface area (Å²) in [7, 11) is 0. The number of cyclic esters (lactones) is 2. The molecule has 0 aliphatic carbocycles. The Bertz CT molecular complexity index is 373. The summed E-state index contributed by atoms with van der Waals surface area (Å²) in [5.74, 6) is -0.781. The summed E-state index contributed by atoms with van der Waals surface area (Å²) in [6, 6.07) is 0. The molecule has 0 aromatic rings. The van der Waals surface area contributed by atoms with E-state index in [0.29, 0.717) is 6.42 Å². The van der Waals surface area contributed by atoms with Gasteiger partial charge in [0, 0.05) is 6.42 Å². The molecule has 1 aliphatic heterocycles. The minimum Gasteiger partial charge on any atom is -0.393 e. The first-order valence-corrected chi connectivity index (χ1v) is 10.7. The Labute approximate surface area is 154 Å². The van der Waals surface area contributed by atoms with Gasteiger partial charge in [0.05, 0.1) is 6.42 Å². The second-order valence-electron chi connectivity index (χ2n) is 7.36. The van der Waals surface area contributed by atoms with Gasteiger partial charge in [-0.3, -0.25) is 9.59 Å². The van der Waals surface area contributed by atoms with Crippen molar-refractivity contribution in [2.24, 2.45) is 0 Å². The van der Waals surface area contributed by atoms with Gasteiger partial charge in [-0.15, -0.1) is 0 Å². The number of carbonyl (C=O) groups excluding carboxylic acids is 2. The van der Waals surface area contributed by atoms with E-state index in [1.54, 1.807) is 0 Å². The molecule has 0 atom stereocenters. The van der Waals surface area contributed by atoms with Crippen LogP contribution in [-0.4, -0.2) is 11.9 Å². The van der Waals surface area contributed by atoms with E-state index < -0.39 is 5.97 Å². The van der Waals surface area contributed by atoms with Crippen LogP contribution in [0.2, 0.25) is 0 Å². The molecule has 0 spiro atoms. The monoisotopic (exact) mass is 350 g/mol. The lowest BCUT2D eigenvalue weighted by Crippen LogP contribution is -2.11. The number of ether oxygens (including phenoxy) is 1. The van der Waals surface area contributed by atoms with E-state index in [9.17, 15) is 9.59 Å². The highest BCUT2D eigenvalue weighted by molar-refractivity contribution is 5.86. The smallest absolute Gasteiger partial charge is 0.317 e. The van der Waals surface area contributed by atoms with Crippen molar-refractivity contribution in [3.8, 4) is 0 Å². The van der Waals surface area contributed by atoms with Crippen molar-refractivity contribution in [2.75, 3.05) is 0 Å². The fourth-order valence-electron chi connectivity index (χ4n) is 3.35. The van der Waals surface area contributed by atoms with Crippen LogP contribution in [0.15, 0.2) is 12.2 Å². The van der Waals surface area contributed by atoms with Crippen LogP contribution in [0.1, 0.15) is 116 Å². The van der Waals surface area contributed by atoms with Crippen LogP contribution in [0, 0.1) is 0 Å². The zero-order valence-electron chi connectivity index (χ0n) is 16.1. The number of hydrogen-bond donors (Lipinski definition) is 0. The van der Waals surface area contributed by atoms with Crippen LogP contribution < -0.4 is 0 Å². The van der Waals surface area contributed by atoms with Crippen molar-refractivity contribution < 1.29 is 14.3 Å². The third-order valence-corrected chi connectivity index (χ3v) is 4.93. The Hall–Kier alpha value is -1.12. The molecule has 144 valence electrons. The van der Waals surface area contributed by atoms with Gasteiger partial charge in [-0.1, -0.05) is 95.6 Å². The van der Waals surface area contributed by atoms with Crippen molar-refractivity contribution >= 4 is 11.9 Å². The molecule has 0 fully saturated rings. The van der Waals surface area contributed by atoms with Gasteiger partial charge >= 0.3 is 11.9 Å². The van der Waals surface area contributed by atoms with Crippen LogP contribution in [-0.2, 0) is 14.3 Å². The summed E-state index contributed by atoms with van der Waals surface area (Å²) >= 11 is 0. The van der Waals surface area contributed by atoms with Crippen LogP contribution in [0.4, 0.5) is 0 Å². The molecule has 3 heteroatoms. The fraction of sp³-hybridized carbons (Fsp3) is 0.818. The molecule has 0 saturated heterocycles. The zero-order chi connectivity index (χ0) is 18.0. The fourth-order valence-corrected chi connectivity index (χ4v) is 3.35. The summed E-state index contributed by atoms with van der Waals surface area (Å²) in [6.07, 6.45) is 24.6. The molecule has 0 saturated carbocycles. The quantitative estimate of drug-likeness (QED) is 0.279. The van der Waals surface area contributed by atoms with Crippen LogP contribution in [0.3, 0.4) is 0 Å². The zero-order valence-corrected chi connectivity index (χ0v) is 16.1. The average molecular weight is 351 g/mol. The lowest BCUT2D eigenvalue weighted by atomic mass is 10.0. The molecule has 0 aromatic carbocycles. The van der Waals surface area contributed by atoms with Crippen LogP contribution in [0.25, 0.3) is 0 Å². The van der Waals surface area contributed by atoms with Gasteiger partial charge in [-0.25, -0.2) is 0 Å². The maximum atomic E-state index is 11.6. The first-order valence-electron chi connectivity index (χ1n) is 10.7. The van der Waals surface area contributed by atoms with E-state index in [-0.39, 0.29) is 12.4 Å². The summed E-state index contributed by atoms with van der Waals surface area (Å²) in [5, 5.41) is 0. The van der Waals surface area contributed by atoms with Gasteiger partial charge in [0.25, 0.3) is 0 Å². The Morgan fingerprint density at radius 1 is 0.520 bits per heavy atom. The van der Waals surface area contributed by atoms with Gasteiger partial charge in [-0.05, 0) is 19.3 Å². The van der Waals surface area contributed by atoms with Crippen LogP contribution in [0.5, 0.6) is 0 Å². The van der Waals surface area contributed by atoms with Crippen molar-refractivity contribution in [2.45, 2.75) is 116 Å². The van der Waals surface area contributed by atoms with Crippen molar-refractivity contribution in [1.29, 1.82) is 0 Å². The largest absolute Gasteiger partial charge is 0.393 e. The highest BCUT2D eigenvalue weighted by Gasteiger charge is 2.08. The molecule has 0 unspecified atom stereocenters. The lowest BCUT2D eigenvalue weighted by Gasteiger charge is -2.03. The van der Waals surface area contributed by atoms with E-state index in [4.69, 9.17) is 4.74 Å². The van der Waals surface area contributed by atoms with Crippen molar-refractivity contribution in [3.63, 3.8) is 0 Å². The predicted octanol–water partition coefficient (Wildman–Crippen LogP) is 6.65. The lowest BCUT2D eigenvalue weighted by molar-refractivity contribution is -0.159. The molecular weight excluding hydrogens is 312 g/mol. The van der Waals surface area contributed by atoms with Gasteiger partial charge < -0.3 is 4.74 Å². The average Bonchev–Trinajstić information content (AvgIpc) is 2.59. The highest BCUT2D eigenvalue weighted by atomic mass is 16.6. The molecule has 25 heavy (non-hydrogen) atoms. The Morgan fingerprint density at radius 3 is 1.48 bits per heavy atom. The molecule has 1 aliphatic rings. The number of allylic oxidation sites excluding steroid dienone is 1. The Kier molecular flexibility index (Phi) is 14.3. The third-order valence-electron chi connectivity index (χ3n) is 4.93. The molecule has 0 amide bonds. The number of carbonyl (C=O) groups is 2. The molecule has 0 bridgehead atoms. The summed E-state index contributed by atoms with van der Waals surface area (Å²) < 4.78 is 4.85. The van der Waals surface area contributed by atoms with Gasteiger partial charge in [-0.2, -0.15) is 0 Å². The predicted molar refractivity (Wildman–Crippen MR) is 103 cm³/mol. The topological polar surface area (TPSA) is 43.4 Å². The number of esters is 2. The number of hydrogen-bond acceptors (Lipinski definition) is 3. The van der Waals surface area contributed by atoms with Gasteiger partial charge in [0.2, 0.25) is 0 Å². The SMILES string of the molecule is O=C1C/C=C\CCCCCCCCCCCCCCCCCC(=O)O1. The first-order chi connectivity index (χ1) is 12.3. The molecule has 0 radical (unpaired) electrons. The maximum absolute atomic E-state index is 11.6. The molecular formula is C22H38O3. The summed E-state index contributed by atoms with van der Waals surface area (Å²) in [5.41, 5.74) is 0. The van der Waals surface area contributed by atoms with E-state index in [0.717, 1.165) is 19.3 Å². The second kappa shape index (κ2) is 16.4. The van der Waals surface area contributed by atoms with E-state index >= 15 is 0 Å². The summed E-state index contributed by atoms with van der Waals surface area (Å²) in [4.78, 5) is 23.2. The molecule has 0 N–H and O–H groups in total. The molecule has 1 rings (SSSR count). The first kappa shape index (κ1) is 21.9. The third kappa shape index (κ3) is 14.9. The van der Waals surface area contributed by atoms with E-state index in [2.05, 4.69) is 0 Å². The van der Waals surface area contributed by atoms with Crippen LogP contribution >= 0.6 is 0 Å². The van der Waals surface area contributed by atoms with E-state index in [1.807, 2.05) is 12.2 Å². The molecule has 1 heterocycles. The number of rotatable bonds is 0. The Morgan fingerprint density at radius 2 is 0.960 bits per heavy atom.